The van der Waals surface area contributed by atoms with Gasteiger partial charge in [-0.2, -0.15) is 0 Å². The summed E-state index contributed by atoms with van der Waals surface area (Å²) in [6.07, 6.45) is -0.218. The molecule has 1 fully saturated rings. The van der Waals surface area contributed by atoms with E-state index in [0.29, 0.717) is 5.06 Å². The number of rotatable bonds is 5. The molecule has 1 aromatic heterocycles. The summed E-state index contributed by atoms with van der Waals surface area (Å²) in [5.74, 6) is -6.42. The summed E-state index contributed by atoms with van der Waals surface area (Å²) in [5.41, 5.74) is 1.98. The molecule has 0 saturated carbocycles. The monoisotopic (exact) mass is 415 g/mol. The van der Waals surface area contributed by atoms with Crippen LogP contribution in [0.2, 0.25) is 0 Å². The highest BCUT2D eigenvalue weighted by Crippen LogP contribution is 2.30. The second kappa shape index (κ2) is 7.50. The first-order valence-electron chi connectivity index (χ1n) is 8.32. The number of benzene rings is 1. The fourth-order valence-corrected chi connectivity index (χ4v) is 2.93. The van der Waals surface area contributed by atoms with Crippen LogP contribution in [-0.4, -0.2) is 50.0 Å². The van der Waals surface area contributed by atoms with Gasteiger partial charge in [-0.3, -0.25) is 14.4 Å². The zero-order valence-electron chi connectivity index (χ0n) is 15.0. The molecule has 0 aliphatic carbocycles. The van der Waals surface area contributed by atoms with Crippen molar-refractivity contribution in [2.75, 3.05) is 5.73 Å². The first kappa shape index (κ1) is 20.3. The smallest absolute Gasteiger partial charge is 0.363 e. The zero-order chi connectivity index (χ0) is 22.2. The number of aromatic nitrogens is 1. The molecular formula is C18H13N3O9. The number of nitrogens with one attached hydrogen (secondary N) is 1. The predicted molar refractivity (Wildman–Crippen MR) is 97.3 cm³/mol. The number of nitrogen functional groups attached to an aromatic ring is 1. The minimum atomic E-state index is -1.71. The molecule has 0 radical (unpaired) electrons. The van der Waals surface area contributed by atoms with Gasteiger partial charge in [0.25, 0.3) is 17.4 Å². The molecule has 5 N–H and O–H groups in total. The minimum absolute atomic E-state index is 0.109. The maximum absolute atomic E-state index is 12.4. The average Bonchev–Trinajstić information content (AvgIpc) is 2.98. The molecule has 2 heterocycles. The van der Waals surface area contributed by atoms with Gasteiger partial charge in [0.1, 0.15) is 16.9 Å². The number of nitrogens with two attached hydrogens (primary N) is 1. The number of hydrogen-bond donors (Lipinski definition) is 4. The van der Waals surface area contributed by atoms with E-state index in [9.17, 15) is 39.0 Å². The Bertz CT molecular complexity index is 1170. The van der Waals surface area contributed by atoms with Crippen LogP contribution in [0.25, 0.3) is 11.1 Å². The van der Waals surface area contributed by atoms with Crippen molar-refractivity contribution in [2.45, 2.75) is 12.8 Å². The van der Waals surface area contributed by atoms with E-state index in [1.807, 2.05) is 4.98 Å². The average molecular weight is 415 g/mol. The van der Waals surface area contributed by atoms with Gasteiger partial charge in [0.05, 0.1) is 5.56 Å². The Hall–Kier alpha value is -4.48. The van der Waals surface area contributed by atoms with Gasteiger partial charge < -0.3 is 25.8 Å². The second-order valence-electron chi connectivity index (χ2n) is 6.14. The number of H-pyrrole nitrogens is 1. The van der Waals surface area contributed by atoms with E-state index < -0.39 is 57.8 Å². The minimum Gasteiger partial charge on any atom is -0.478 e. The van der Waals surface area contributed by atoms with Crippen LogP contribution in [0, 0.1) is 0 Å². The number of hydroxylamine groups is 2. The number of aromatic carboxylic acids is 2. The van der Waals surface area contributed by atoms with Gasteiger partial charge >= 0.3 is 17.9 Å². The van der Waals surface area contributed by atoms with Crippen molar-refractivity contribution in [1.82, 2.24) is 10.0 Å². The van der Waals surface area contributed by atoms with Crippen molar-refractivity contribution < 1.29 is 39.0 Å². The molecule has 12 heteroatoms. The summed E-state index contributed by atoms with van der Waals surface area (Å²) in [7, 11) is 0. The largest absolute Gasteiger partial charge is 0.478 e. The van der Waals surface area contributed by atoms with Gasteiger partial charge in [0, 0.05) is 18.4 Å². The standard InChI is InChI=1S/C18H13N3O9/c19-14-12(16(25)26)11(13(17(27)28)15(24)20-14)7-2-1-3-8(6-7)18(29)30-21-9(22)4-5-10(21)23/h1-3,6H,4-5H2,(H,25,26)(H,27,28)(H3,19,20,24). The molecular weight excluding hydrogens is 402 g/mol. The third-order valence-electron chi connectivity index (χ3n) is 4.24. The number of carbonyl (C=O) groups is 5. The molecule has 154 valence electrons. The van der Waals surface area contributed by atoms with E-state index in [0.717, 1.165) is 6.07 Å². The van der Waals surface area contributed by atoms with Gasteiger partial charge in [-0.25, -0.2) is 14.4 Å². The number of amides is 2. The number of carboxylic acid groups (broad SMARTS) is 2. The normalized spacial score (nSPS) is 13.4. The molecule has 0 atom stereocenters. The van der Waals surface area contributed by atoms with Gasteiger partial charge in [0.2, 0.25) is 0 Å². The summed E-state index contributed by atoms with van der Waals surface area (Å²) >= 11 is 0. The number of aromatic amines is 1. The number of nitrogens with zero attached hydrogens (tertiary/aromatic N) is 1. The lowest BCUT2D eigenvalue weighted by Gasteiger charge is -2.14. The molecule has 3 rings (SSSR count). The van der Waals surface area contributed by atoms with Crippen molar-refractivity contribution in [3.8, 4) is 11.1 Å². The zero-order valence-corrected chi connectivity index (χ0v) is 15.0. The molecule has 30 heavy (non-hydrogen) atoms. The van der Waals surface area contributed by atoms with E-state index >= 15 is 0 Å². The molecule has 0 bridgehead atoms. The van der Waals surface area contributed by atoms with Crippen LogP contribution in [0.15, 0.2) is 29.1 Å². The Morgan fingerprint density at radius 2 is 1.60 bits per heavy atom. The molecule has 0 unspecified atom stereocenters. The van der Waals surface area contributed by atoms with Crippen molar-refractivity contribution >= 4 is 35.5 Å². The molecule has 2 amide bonds. The van der Waals surface area contributed by atoms with Crippen LogP contribution < -0.4 is 11.3 Å². The molecule has 1 aromatic carbocycles. The lowest BCUT2D eigenvalue weighted by Crippen LogP contribution is -2.32. The van der Waals surface area contributed by atoms with E-state index in [-0.39, 0.29) is 24.0 Å². The van der Waals surface area contributed by atoms with Gasteiger partial charge in [-0.1, -0.05) is 12.1 Å². The van der Waals surface area contributed by atoms with Gasteiger partial charge in [0.15, 0.2) is 0 Å². The molecule has 1 aliphatic heterocycles. The molecule has 1 aliphatic rings. The Balaban J connectivity index is 2.12. The topological polar surface area (TPSA) is 197 Å². The maximum Gasteiger partial charge on any atom is 0.363 e. The Morgan fingerprint density at radius 3 is 2.17 bits per heavy atom. The van der Waals surface area contributed by atoms with E-state index in [1.165, 1.54) is 18.2 Å². The van der Waals surface area contributed by atoms with Crippen LogP contribution in [0.5, 0.6) is 0 Å². The third-order valence-corrected chi connectivity index (χ3v) is 4.24. The highest BCUT2D eigenvalue weighted by molar-refractivity contribution is 6.08. The Kier molecular flexibility index (Phi) is 5.07. The predicted octanol–water partition coefficient (Wildman–Crippen LogP) is 0.241. The Labute approximate surface area is 166 Å². The lowest BCUT2D eigenvalue weighted by atomic mass is 9.94. The number of imide groups is 1. The summed E-state index contributed by atoms with van der Waals surface area (Å²) in [4.78, 5) is 77.6. The number of pyridine rings is 1. The third kappa shape index (κ3) is 3.48. The molecule has 2 aromatic rings. The quantitative estimate of drug-likeness (QED) is 0.491. The van der Waals surface area contributed by atoms with Crippen LogP contribution in [0.1, 0.15) is 43.9 Å². The summed E-state index contributed by atoms with van der Waals surface area (Å²) in [6.45, 7) is 0. The highest BCUT2D eigenvalue weighted by atomic mass is 16.7. The summed E-state index contributed by atoms with van der Waals surface area (Å²) in [6, 6.07) is 4.82. The molecule has 0 spiro atoms. The summed E-state index contributed by atoms with van der Waals surface area (Å²) < 4.78 is 0. The van der Waals surface area contributed by atoms with Crippen LogP contribution in [-0.2, 0) is 14.4 Å². The lowest BCUT2D eigenvalue weighted by molar-refractivity contribution is -0.172. The molecule has 1 saturated heterocycles. The first-order valence-corrected chi connectivity index (χ1v) is 8.32. The van der Waals surface area contributed by atoms with E-state index in [4.69, 9.17) is 10.6 Å². The van der Waals surface area contributed by atoms with E-state index in [1.54, 1.807) is 0 Å². The van der Waals surface area contributed by atoms with Crippen LogP contribution in [0.3, 0.4) is 0 Å². The second-order valence-corrected chi connectivity index (χ2v) is 6.14. The SMILES string of the molecule is Nc1[nH]c(=O)c(C(=O)O)c(-c2cccc(C(=O)ON3C(=O)CCC3=O)c2)c1C(=O)O. The highest BCUT2D eigenvalue weighted by Gasteiger charge is 2.33. The first-order chi connectivity index (χ1) is 14.1. The van der Waals surface area contributed by atoms with Crippen LogP contribution in [0.4, 0.5) is 5.82 Å². The number of carbonyl (C=O) groups excluding carboxylic acids is 3. The number of anilines is 1. The van der Waals surface area contributed by atoms with Crippen molar-refractivity contribution in [3.05, 3.63) is 51.3 Å². The molecule has 12 nitrogen and oxygen atoms in total. The number of carboxylic acids is 2. The maximum atomic E-state index is 12.4. The van der Waals surface area contributed by atoms with Gasteiger partial charge in [-0.05, 0) is 17.7 Å². The fourth-order valence-electron chi connectivity index (χ4n) is 2.93. The summed E-state index contributed by atoms with van der Waals surface area (Å²) in [5, 5.41) is 19.2. The van der Waals surface area contributed by atoms with Gasteiger partial charge in [-0.15, -0.1) is 5.06 Å². The van der Waals surface area contributed by atoms with Crippen molar-refractivity contribution in [2.24, 2.45) is 0 Å². The fraction of sp³-hybridized carbons (Fsp3) is 0.111. The van der Waals surface area contributed by atoms with Crippen LogP contribution >= 0.6 is 0 Å². The van der Waals surface area contributed by atoms with Crippen molar-refractivity contribution in [1.29, 1.82) is 0 Å². The van der Waals surface area contributed by atoms with Crippen molar-refractivity contribution in [3.63, 3.8) is 0 Å². The Morgan fingerprint density at radius 1 is 1.00 bits per heavy atom. The van der Waals surface area contributed by atoms with E-state index in [2.05, 4.69) is 0 Å². The number of hydrogen-bond acceptors (Lipinski definition) is 8.